The Bertz CT molecular complexity index is 1160. The van der Waals surface area contributed by atoms with E-state index in [0.717, 1.165) is 5.56 Å². The number of carbonyl (C=O) groups is 2. The van der Waals surface area contributed by atoms with Crippen LogP contribution in [0.3, 0.4) is 0 Å². The number of aliphatic carboxylic acids is 1. The Labute approximate surface area is 171 Å². The molecule has 0 aliphatic carbocycles. The molecule has 7 heteroatoms. The number of hydrogen-bond donors (Lipinski definition) is 2. The molecule has 0 atom stereocenters. The number of nitrogens with zero attached hydrogens (tertiary/aromatic N) is 1. The fourth-order valence-electron chi connectivity index (χ4n) is 2.98. The van der Waals surface area contributed by atoms with E-state index in [1.54, 1.807) is 6.20 Å². The smallest absolute Gasteiger partial charge is 0.376 e. The van der Waals surface area contributed by atoms with Crippen molar-refractivity contribution in [1.29, 1.82) is 0 Å². The molecule has 0 fully saturated rings. The van der Waals surface area contributed by atoms with Gasteiger partial charge in [-0.3, -0.25) is 9.59 Å². The number of hydrogen-bond acceptors (Lipinski definition) is 4. The minimum atomic E-state index is -1.74. The van der Waals surface area contributed by atoms with Crippen molar-refractivity contribution in [2.45, 2.75) is 13.0 Å². The van der Waals surface area contributed by atoms with Gasteiger partial charge in [0.05, 0.1) is 12.1 Å². The van der Waals surface area contributed by atoms with E-state index >= 15 is 0 Å². The van der Waals surface area contributed by atoms with E-state index in [4.69, 9.17) is 5.11 Å². The first-order chi connectivity index (χ1) is 14.3. The van der Waals surface area contributed by atoms with E-state index in [-0.39, 0.29) is 12.1 Å². The fourth-order valence-corrected chi connectivity index (χ4v) is 2.98. The van der Waals surface area contributed by atoms with Crippen LogP contribution in [0.1, 0.15) is 22.3 Å². The molecule has 0 spiro atoms. The molecule has 1 heterocycles. The number of pyridine rings is 1. The van der Waals surface area contributed by atoms with Gasteiger partial charge < -0.3 is 14.8 Å². The second-order valence-corrected chi connectivity index (χ2v) is 6.68. The van der Waals surface area contributed by atoms with Crippen LogP contribution in [-0.2, 0) is 22.6 Å². The largest absolute Gasteiger partial charge is 0.507 e. The van der Waals surface area contributed by atoms with E-state index < -0.39 is 28.9 Å². The van der Waals surface area contributed by atoms with Crippen molar-refractivity contribution < 1.29 is 24.2 Å². The van der Waals surface area contributed by atoms with Crippen molar-refractivity contribution in [3.8, 4) is 0 Å². The van der Waals surface area contributed by atoms with Gasteiger partial charge in [0.2, 0.25) is 0 Å². The highest BCUT2D eigenvalue weighted by atomic mass is 19.1. The second kappa shape index (κ2) is 9.00. The van der Waals surface area contributed by atoms with Gasteiger partial charge in [0.1, 0.15) is 11.6 Å². The number of aliphatic hydroxyl groups is 1. The summed E-state index contributed by atoms with van der Waals surface area (Å²) in [4.78, 5) is 35.1. The summed E-state index contributed by atoms with van der Waals surface area (Å²) in [5.74, 6) is -4.22. The van der Waals surface area contributed by atoms with Gasteiger partial charge in [-0.05, 0) is 41.3 Å². The second-order valence-electron chi connectivity index (χ2n) is 6.68. The maximum absolute atomic E-state index is 13.2. The maximum atomic E-state index is 13.2. The number of aliphatic hydroxyl groups excluding tert-OH is 1. The van der Waals surface area contributed by atoms with Crippen molar-refractivity contribution in [2.24, 2.45) is 0 Å². The molecule has 1 aromatic heterocycles. The topological polar surface area (TPSA) is 96.6 Å². The number of benzene rings is 2. The predicted molar refractivity (Wildman–Crippen MR) is 109 cm³/mol. The molecule has 0 aliphatic heterocycles. The molecule has 152 valence electrons. The molecule has 0 saturated heterocycles. The van der Waals surface area contributed by atoms with E-state index in [9.17, 15) is 23.9 Å². The van der Waals surface area contributed by atoms with Gasteiger partial charge in [-0.15, -0.1) is 0 Å². The Morgan fingerprint density at radius 1 is 0.933 bits per heavy atom. The SMILES string of the molecule is O=C(O)C(=O)C=C(O)c1cc(Cc2ccccc2)cn(Cc2ccc(F)cc2)c1=O. The third-order valence-corrected chi connectivity index (χ3v) is 4.41. The van der Waals surface area contributed by atoms with Crippen molar-refractivity contribution in [3.05, 3.63) is 111 Å². The number of rotatable bonds is 7. The zero-order chi connectivity index (χ0) is 21.7. The summed E-state index contributed by atoms with van der Waals surface area (Å²) >= 11 is 0. The summed E-state index contributed by atoms with van der Waals surface area (Å²) in [5.41, 5.74) is 1.48. The van der Waals surface area contributed by atoms with Crippen LogP contribution in [-0.4, -0.2) is 26.5 Å². The fraction of sp³-hybridized carbons (Fsp3) is 0.0870. The summed E-state index contributed by atoms with van der Waals surface area (Å²) in [6.45, 7) is 0.106. The zero-order valence-corrected chi connectivity index (χ0v) is 15.8. The van der Waals surface area contributed by atoms with Gasteiger partial charge in [0, 0.05) is 12.3 Å². The first kappa shape index (κ1) is 20.7. The molecule has 0 saturated carbocycles. The number of carbonyl (C=O) groups excluding carboxylic acids is 1. The summed E-state index contributed by atoms with van der Waals surface area (Å²) in [6.07, 6.45) is 2.57. The Morgan fingerprint density at radius 3 is 2.23 bits per heavy atom. The molecular formula is C23H18FNO5. The Balaban J connectivity index is 2.06. The van der Waals surface area contributed by atoms with Crippen LogP contribution < -0.4 is 5.56 Å². The van der Waals surface area contributed by atoms with Crippen LogP contribution in [0.5, 0.6) is 0 Å². The summed E-state index contributed by atoms with van der Waals surface area (Å²) in [6, 6.07) is 16.5. The van der Waals surface area contributed by atoms with Gasteiger partial charge in [0.25, 0.3) is 11.3 Å². The number of halogens is 1. The molecule has 0 radical (unpaired) electrons. The summed E-state index contributed by atoms with van der Waals surface area (Å²) in [7, 11) is 0. The lowest BCUT2D eigenvalue weighted by molar-refractivity contribution is -0.146. The lowest BCUT2D eigenvalue weighted by atomic mass is 10.0. The van der Waals surface area contributed by atoms with Crippen LogP contribution in [0.15, 0.2) is 77.7 Å². The van der Waals surface area contributed by atoms with Crippen LogP contribution in [0.2, 0.25) is 0 Å². The van der Waals surface area contributed by atoms with E-state index in [1.165, 1.54) is 34.9 Å². The lowest BCUT2D eigenvalue weighted by Crippen LogP contribution is -2.25. The van der Waals surface area contributed by atoms with E-state index in [1.807, 2.05) is 30.3 Å². The molecular weight excluding hydrogens is 389 g/mol. The first-order valence-corrected chi connectivity index (χ1v) is 9.03. The Hall–Kier alpha value is -4.00. The van der Waals surface area contributed by atoms with Crippen LogP contribution in [0, 0.1) is 5.82 Å². The first-order valence-electron chi connectivity index (χ1n) is 9.03. The number of aromatic nitrogens is 1. The monoisotopic (exact) mass is 407 g/mol. The van der Waals surface area contributed by atoms with Crippen LogP contribution in [0.25, 0.3) is 5.76 Å². The van der Waals surface area contributed by atoms with Gasteiger partial charge in [-0.1, -0.05) is 42.5 Å². The Morgan fingerprint density at radius 2 is 1.60 bits per heavy atom. The standard InChI is InChI=1S/C23H18FNO5/c24-18-8-6-16(7-9-18)13-25-14-17(10-15-4-2-1-3-5-15)11-19(22(25)28)20(26)12-21(27)23(29)30/h1-9,11-12,14,26H,10,13H2,(H,29,30). The molecule has 0 unspecified atom stereocenters. The number of carboxylic acid groups (broad SMARTS) is 1. The number of ketones is 1. The molecule has 3 aromatic rings. The highest BCUT2D eigenvalue weighted by Gasteiger charge is 2.15. The minimum absolute atomic E-state index is 0.106. The van der Waals surface area contributed by atoms with Gasteiger partial charge in [0.15, 0.2) is 0 Å². The molecule has 0 bridgehead atoms. The van der Waals surface area contributed by atoms with Crippen LogP contribution >= 0.6 is 0 Å². The van der Waals surface area contributed by atoms with E-state index in [2.05, 4.69) is 0 Å². The Kier molecular flexibility index (Phi) is 6.22. The van der Waals surface area contributed by atoms with Crippen molar-refractivity contribution in [3.63, 3.8) is 0 Å². The summed E-state index contributed by atoms with van der Waals surface area (Å²) < 4.78 is 14.5. The number of carboxylic acids is 1. The highest BCUT2D eigenvalue weighted by Crippen LogP contribution is 2.15. The molecule has 2 N–H and O–H groups in total. The van der Waals surface area contributed by atoms with E-state index in [0.29, 0.717) is 23.6 Å². The molecule has 2 aromatic carbocycles. The third-order valence-electron chi connectivity index (χ3n) is 4.41. The zero-order valence-electron chi connectivity index (χ0n) is 15.8. The average molecular weight is 407 g/mol. The maximum Gasteiger partial charge on any atom is 0.376 e. The molecule has 3 rings (SSSR count). The average Bonchev–Trinajstić information content (AvgIpc) is 2.72. The van der Waals surface area contributed by atoms with Gasteiger partial charge in [-0.2, -0.15) is 0 Å². The van der Waals surface area contributed by atoms with Crippen molar-refractivity contribution in [2.75, 3.05) is 0 Å². The molecule has 6 nitrogen and oxygen atoms in total. The molecule has 0 amide bonds. The van der Waals surface area contributed by atoms with Crippen molar-refractivity contribution >= 4 is 17.5 Å². The normalized spacial score (nSPS) is 11.3. The lowest BCUT2D eigenvalue weighted by Gasteiger charge is -2.12. The van der Waals surface area contributed by atoms with Crippen molar-refractivity contribution in [1.82, 2.24) is 4.57 Å². The van der Waals surface area contributed by atoms with Gasteiger partial charge >= 0.3 is 5.97 Å². The summed E-state index contributed by atoms with van der Waals surface area (Å²) in [5, 5.41) is 19.0. The van der Waals surface area contributed by atoms with Gasteiger partial charge in [-0.25, -0.2) is 9.18 Å². The minimum Gasteiger partial charge on any atom is -0.507 e. The quantitative estimate of drug-likeness (QED) is 0.356. The molecule has 30 heavy (non-hydrogen) atoms. The third kappa shape index (κ3) is 5.08. The predicted octanol–water partition coefficient (Wildman–Crippen LogP) is 3.18. The van der Waals surface area contributed by atoms with Crippen LogP contribution in [0.4, 0.5) is 4.39 Å². The molecule has 0 aliphatic rings. The highest BCUT2D eigenvalue weighted by molar-refractivity contribution is 6.38.